The SMILES string of the molecule is CCCC(CC1CC(CC(CCC)C(C)(C)c2ccccc2)CC(C)c2c(O)cccc2C(C)C1)C(C)(C)c1ccccc1. The molecule has 1 aliphatic rings. The van der Waals surface area contributed by atoms with Gasteiger partial charge in [-0.25, -0.2) is 0 Å². The first-order chi connectivity index (χ1) is 21.0. The molecule has 0 heterocycles. The van der Waals surface area contributed by atoms with Gasteiger partial charge in [-0.15, -0.1) is 0 Å². The number of fused-ring (bicyclic) bond motifs is 1. The standard InChI is InChI=1S/C43H62O/c1-9-18-37(42(5,6)35-20-13-11-14-21-35)29-33-26-31(3)39-24-17-25-40(44)41(39)32(4)27-34(28-33)30-38(19-10-2)43(7,8)36-22-15-12-16-23-36/h11-17,20-25,31-34,37-38,44H,9-10,18-19,26-30H2,1-8H3. The molecule has 6 unspecified atom stereocenters. The molecule has 0 saturated carbocycles. The molecule has 0 aromatic heterocycles. The fourth-order valence-electron chi connectivity index (χ4n) is 9.09. The second-order valence-electron chi connectivity index (χ2n) is 15.6. The predicted octanol–water partition coefficient (Wildman–Crippen LogP) is 12.6. The summed E-state index contributed by atoms with van der Waals surface area (Å²) in [6, 6.07) is 28.8. The van der Waals surface area contributed by atoms with Crippen LogP contribution in [0, 0.1) is 23.7 Å². The van der Waals surface area contributed by atoms with E-state index in [0.29, 0.717) is 41.3 Å². The van der Waals surface area contributed by atoms with Crippen LogP contribution >= 0.6 is 0 Å². The maximum atomic E-state index is 11.2. The van der Waals surface area contributed by atoms with E-state index in [1.807, 2.05) is 6.07 Å². The lowest BCUT2D eigenvalue weighted by Crippen LogP contribution is -2.33. The molecule has 4 rings (SSSR count). The normalized spacial score (nSPS) is 22.7. The van der Waals surface area contributed by atoms with Crippen LogP contribution in [0.5, 0.6) is 5.75 Å². The Bertz CT molecular complexity index is 1270. The zero-order valence-corrected chi connectivity index (χ0v) is 29.3. The Labute approximate surface area is 270 Å². The van der Waals surface area contributed by atoms with Crippen LogP contribution in [0.1, 0.15) is 147 Å². The second kappa shape index (κ2) is 15.2. The minimum absolute atomic E-state index is 0.127. The Morgan fingerprint density at radius 3 is 1.52 bits per heavy atom. The van der Waals surface area contributed by atoms with Crippen LogP contribution in [0.2, 0.25) is 0 Å². The van der Waals surface area contributed by atoms with E-state index in [0.717, 1.165) is 6.42 Å². The summed E-state index contributed by atoms with van der Waals surface area (Å²) in [5.41, 5.74) is 5.81. The Balaban J connectivity index is 1.71. The van der Waals surface area contributed by atoms with Gasteiger partial charge in [0.15, 0.2) is 0 Å². The van der Waals surface area contributed by atoms with Gasteiger partial charge in [-0.3, -0.25) is 0 Å². The molecule has 240 valence electrons. The molecule has 0 radical (unpaired) electrons. The number of rotatable bonds is 12. The van der Waals surface area contributed by atoms with Crippen molar-refractivity contribution < 1.29 is 5.11 Å². The zero-order valence-electron chi connectivity index (χ0n) is 29.3. The van der Waals surface area contributed by atoms with Crippen LogP contribution in [0.4, 0.5) is 0 Å². The highest BCUT2D eigenvalue weighted by Gasteiger charge is 2.38. The maximum Gasteiger partial charge on any atom is 0.119 e. The summed E-state index contributed by atoms with van der Waals surface area (Å²) in [5.74, 6) is 3.86. The number of phenolic OH excluding ortho intramolecular Hbond substituents is 1. The van der Waals surface area contributed by atoms with Crippen molar-refractivity contribution in [3.8, 4) is 5.75 Å². The maximum absolute atomic E-state index is 11.2. The molecule has 44 heavy (non-hydrogen) atoms. The number of benzene rings is 3. The fourth-order valence-corrected chi connectivity index (χ4v) is 9.09. The van der Waals surface area contributed by atoms with Crippen molar-refractivity contribution >= 4 is 0 Å². The molecule has 1 aliphatic carbocycles. The fraction of sp³-hybridized carbons (Fsp3) is 0.581. The second-order valence-corrected chi connectivity index (χ2v) is 15.6. The minimum Gasteiger partial charge on any atom is -0.508 e. The lowest BCUT2D eigenvalue weighted by molar-refractivity contribution is 0.171. The highest BCUT2D eigenvalue weighted by Crippen LogP contribution is 2.49. The third kappa shape index (κ3) is 7.99. The van der Waals surface area contributed by atoms with E-state index < -0.39 is 0 Å². The molecule has 0 aliphatic heterocycles. The Morgan fingerprint density at radius 1 is 0.614 bits per heavy atom. The average Bonchev–Trinajstić information content (AvgIpc) is 3.05. The van der Waals surface area contributed by atoms with Gasteiger partial charge in [-0.2, -0.15) is 0 Å². The van der Waals surface area contributed by atoms with E-state index in [-0.39, 0.29) is 10.8 Å². The van der Waals surface area contributed by atoms with Gasteiger partial charge in [0.2, 0.25) is 0 Å². The number of aromatic hydroxyl groups is 1. The van der Waals surface area contributed by atoms with E-state index in [1.54, 1.807) is 0 Å². The molecule has 1 N–H and O–H groups in total. The van der Waals surface area contributed by atoms with Crippen LogP contribution in [0.3, 0.4) is 0 Å². The first-order valence-electron chi connectivity index (χ1n) is 17.9. The molecule has 0 bridgehead atoms. The van der Waals surface area contributed by atoms with Gasteiger partial charge in [0.1, 0.15) is 5.75 Å². The number of hydrogen-bond acceptors (Lipinski definition) is 1. The summed E-state index contributed by atoms with van der Waals surface area (Å²) < 4.78 is 0. The highest BCUT2D eigenvalue weighted by molar-refractivity contribution is 5.43. The van der Waals surface area contributed by atoms with Gasteiger partial charge in [0, 0.05) is 5.56 Å². The third-order valence-corrected chi connectivity index (χ3v) is 11.8. The minimum atomic E-state index is 0.127. The van der Waals surface area contributed by atoms with E-state index in [9.17, 15) is 5.11 Å². The van der Waals surface area contributed by atoms with Gasteiger partial charge >= 0.3 is 0 Å². The molecular formula is C43H62O. The monoisotopic (exact) mass is 594 g/mol. The molecule has 3 aromatic rings. The van der Waals surface area contributed by atoms with Gasteiger partial charge in [-0.05, 0) is 114 Å². The lowest BCUT2D eigenvalue weighted by atomic mass is 9.64. The van der Waals surface area contributed by atoms with Crippen molar-refractivity contribution in [2.24, 2.45) is 23.7 Å². The predicted molar refractivity (Wildman–Crippen MR) is 191 cm³/mol. The van der Waals surface area contributed by atoms with Gasteiger partial charge in [-0.1, -0.05) is 141 Å². The third-order valence-electron chi connectivity index (χ3n) is 11.8. The van der Waals surface area contributed by atoms with E-state index in [2.05, 4.69) is 128 Å². The van der Waals surface area contributed by atoms with Crippen LogP contribution < -0.4 is 0 Å². The van der Waals surface area contributed by atoms with E-state index in [4.69, 9.17) is 0 Å². The molecule has 3 aromatic carbocycles. The Hall–Kier alpha value is -2.54. The molecule has 0 spiro atoms. The molecule has 1 heteroatoms. The average molecular weight is 595 g/mol. The van der Waals surface area contributed by atoms with Crippen LogP contribution in [0.15, 0.2) is 78.9 Å². The van der Waals surface area contributed by atoms with E-state index in [1.165, 1.54) is 73.6 Å². The summed E-state index contributed by atoms with van der Waals surface area (Å²) in [4.78, 5) is 0. The highest BCUT2D eigenvalue weighted by atomic mass is 16.3. The Morgan fingerprint density at radius 2 is 1.07 bits per heavy atom. The molecule has 6 atom stereocenters. The van der Waals surface area contributed by atoms with Crippen LogP contribution in [-0.4, -0.2) is 5.11 Å². The zero-order chi connectivity index (χ0) is 31.9. The van der Waals surface area contributed by atoms with Crippen molar-refractivity contribution in [3.05, 3.63) is 101 Å². The van der Waals surface area contributed by atoms with Crippen molar-refractivity contribution in [1.29, 1.82) is 0 Å². The quantitative estimate of drug-likeness (QED) is 0.221. The summed E-state index contributed by atoms with van der Waals surface area (Å²) in [5, 5.41) is 11.2. The van der Waals surface area contributed by atoms with Gasteiger partial charge in [0.25, 0.3) is 0 Å². The molecule has 0 fully saturated rings. The van der Waals surface area contributed by atoms with Crippen LogP contribution in [0.25, 0.3) is 0 Å². The molecule has 0 amide bonds. The first kappa shape index (κ1) is 34.3. The van der Waals surface area contributed by atoms with E-state index >= 15 is 0 Å². The lowest BCUT2D eigenvalue weighted by Gasteiger charge is -2.40. The van der Waals surface area contributed by atoms with Crippen molar-refractivity contribution in [2.45, 2.75) is 136 Å². The summed E-state index contributed by atoms with van der Waals surface area (Å²) in [6.07, 6.45) is 11.2. The Kier molecular flexibility index (Phi) is 11.8. The van der Waals surface area contributed by atoms with Gasteiger partial charge < -0.3 is 5.11 Å². The molecular weight excluding hydrogens is 532 g/mol. The van der Waals surface area contributed by atoms with Crippen LogP contribution in [-0.2, 0) is 10.8 Å². The van der Waals surface area contributed by atoms with Gasteiger partial charge in [0.05, 0.1) is 0 Å². The largest absolute Gasteiger partial charge is 0.508 e. The van der Waals surface area contributed by atoms with Crippen molar-refractivity contribution in [3.63, 3.8) is 0 Å². The topological polar surface area (TPSA) is 20.2 Å². The summed E-state index contributed by atoms with van der Waals surface area (Å²) in [6.45, 7) is 19.5. The first-order valence-corrected chi connectivity index (χ1v) is 17.9. The van der Waals surface area contributed by atoms with Crippen molar-refractivity contribution in [2.75, 3.05) is 0 Å². The molecule has 1 nitrogen and oxygen atoms in total. The number of phenols is 1. The smallest absolute Gasteiger partial charge is 0.119 e. The summed E-state index contributed by atoms with van der Waals surface area (Å²) in [7, 11) is 0. The summed E-state index contributed by atoms with van der Waals surface area (Å²) >= 11 is 0. The van der Waals surface area contributed by atoms with Crippen molar-refractivity contribution in [1.82, 2.24) is 0 Å². The molecule has 0 saturated heterocycles. The number of hydrogen-bond donors (Lipinski definition) is 1.